The Hall–Kier alpha value is -1.51. The van der Waals surface area contributed by atoms with Gasteiger partial charge in [0.2, 0.25) is 0 Å². The maximum atomic E-state index is 11.5. The van der Waals surface area contributed by atoms with Gasteiger partial charge in [-0.25, -0.2) is 4.79 Å². The number of carbonyl (C=O) groups is 1. The highest BCUT2D eigenvalue weighted by Crippen LogP contribution is 2.31. The smallest absolute Gasteiger partial charge is 0.409 e. The Morgan fingerprint density at radius 2 is 2.13 bits per heavy atom. The lowest BCUT2D eigenvalue weighted by atomic mass is 10.1. The molecule has 0 unspecified atom stereocenters. The molecule has 1 atom stereocenters. The summed E-state index contributed by atoms with van der Waals surface area (Å²) in [5.41, 5.74) is 1.19. The number of benzene rings is 1. The van der Waals surface area contributed by atoms with Crippen LogP contribution in [-0.4, -0.2) is 24.6 Å². The minimum Gasteiger partial charge on any atom is -0.453 e. The molecule has 2 rings (SSSR count). The SMILES string of the molecule is COC(=O)N1CCC[C@@H]1c1ccccc1. The third-order valence-electron chi connectivity index (χ3n) is 2.85. The maximum absolute atomic E-state index is 11.5. The molecular formula is C12H15NO2. The summed E-state index contributed by atoms with van der Waals surface area (Å²) in [6, 6.07) is 10.3. The van der Waals surface area contributed by atoms with E-state index in [0.29, 0.717) is 0 Å². The number of hydrogen-bond donors (Lipinski definition) is 0. The molecule has 1 aromatic carbocycles. The molecule has 0 aliphatic carbocycles. The van der Waals surface area contributed by atoms with Gasteiger partial charge in [0.05, 0.1) is 13.2 Å². The van der Waals surface area contributed by atoms with Crippen LogP contribution in [0.15, 0.2) is 30.3 Å². The number of nitrogens with zero attached hydrogens (tertiary/aromatic N) is 1. The van der Waals surface area contributed by atoms with E-state index in [4.69, 9.17) is 4.74 Å². The summed E-state index contributed by atoms with van der Waals surface area (Å²) in [6.07, 6.45) is 1.86. The van der Waals surface area contributed by atoms with Gasteiger partial charge in [0.25, 0.3) is 0 Å². The van der Waals surface area contributed by atoms with Gasteiger partial charge in [-0.15, -0.1) is 0 Å². The standard InChI is InChI=1S/C12H15NO2/c1-15-12(14)13-9-5-8-11(13)10-6-3-2-4-7-10/h2-4,6-7,11H,5,8-9H2,1H3/t11-/m1/s1. The third-order valence-corrected chi connectivity index (χ3v) is 2.85. The number of likely N-dealkylation sites (tertiary alicyclic amines) is 1. The van der Waals surface area contributed by atoms with E-state index in [0.717, 1.165) is 19.4 Å². The molecule has 80 valence electrons. The molecule has 0 radical (unpaired) electrons. The Morgan fingerprint density at radius 3 is 2.80 bits per heavy atom. The molecule has 1 amide bonds. The zero-order valence-electron chi connectivity index (χ0n) is 8.85. The summed E-state index contributed by atoms with van der Waals surface area (Å²) in [5, 5.41) is 0. The number of methoxy groups -OCH3 is 1. The van der Waals surface area contributed by atoms with Crippen molar-refractivity contribution in [3.05, 3.63) is 35.9 Å². The van der Waals surface area contributed by atoms with Gasteiger partial charge in [-0.2, -0.15) is 0 Å². The fourth-order valence-electron chi connectivity index (χ4n) is 2.12. The lowest BCUT2D eigenvalue weighted by Crippen LogP contribution is -2.30. The second-order valence-electron chi connectivity index (χ2n) is 3.73. The Morgan fingerprint density at radius 1 is 1.40 bits per heavy atom. The Balaban J connectivity index is 2.18. The Bertz CT molecular complexity index is 337. The second kappa shape index (κ2) is 4.34. The van der Waals surface area contributed by atoms with Gasteiger partial charge in [0.1, 0.15) is 0 Å². The molecule has 0 saturated carbocycles. The van der Waals surface area contributed by atoms with Crippen molar-refractivity contribution in [2.24, 2.45) is 0 Å². The Labute approximate surface area is 89.7 Å². The fraction of sp³-hybridized carbons (Fsp3) is 0.417. The highest BCUT2D eigenvalue weighted by atomic mass is 16.5. The van der Waals surface area contributed by atoms with Crippen molar-refractivity contribution in [2.45, 2.75) is 18.9 Å². The predicted octanol–water partition coefficient (Wildman–Crippen LogP) is 2.59. The van der Waals surface area contributed by atoms with Crippen LogP contribution >= 0.6 is 0 Å². The molecule has 3 heteroatoms. The van der Waals surface area contributed by atoms with E-state index in [9.17, 15) is 4.79 Å². The third kappa shape index (κ3) is 1.96. The van der Waals surface area contributed by atoms with Crippen LogP contribution in [0, 0.1) is 0 Å². The first kappa shape index (κ1) is 10.0. The van der Waals surface area contributed by atoms with Gasteiger partial charge in [0.15, 0.2) is 0 Å². The van der Waals surface area contributed by atoms with Gasteiger partial charge in [-0.1, -0.05) is 30.3 Å². The summed E-state index contributed by atoms with van der Waals surface area (Å²) in [6.45, 7) is 0.798. The summed E-state index contributed by atoms with van der Waals surface area (Å²) >= 11 is 0. The number of hydrogen-bond acceptors (Lipinski definition) is 2. The van der Waals surface area contributed by atoms with Crippen LogP contribution in [-0.2, 0) is 4.74 Å². The van der Waals surface area contributed by atoms with Gasteiger partial charge >= 0.3 is 6.09 Å². The predicted molar refractivity (Wildman–Crippen MR) is 57.5 cm³/mol. The normalized spacial score (nSPS) is 20.3. The van der Waals surface area contributed by atoms with Crippen LogP contribution in [0.2, 0.25) is 0 Å². The van der Waals surface area contributed by atoms with Gasteiger partial charge < -0.3 is 9.64 Å². The quantitative estimate of drug-likeness (QED) is 0.705. The largest absolute Gasteiger partial charge is 0.453 e. The lowest BCUT2D eigenvalue weighted by molar-refractivity contribution is 0.119. The summed E-state index contributed by atoms with van der Waals surface area (Å²) in [4.78, 5) is 13.3. The van der Waals surface area contributed by atoms with E-state index in [1.807, 2.05) is 18.2 Å². The number of amides is 1. The molecule has 0 spiro atoms. The van der Waals surface area contributed by atoms with E-state index < -0.39 is 0 Å². The van der Waals surface area contributed by atoms with Crippen LogP contribution < -0.4 is 0 Å². The van der Waals surface area contributed by atoms with Crippen LogP contribution in [0.4, 0.5) is 4.79 Å². The first-order valence-corrected chi connectivity index (χ1v) is 5.22. The lowest BCUT2D eigenvalue weighted by Gasteiger charge is -2.23. The van der Waals surface area contributed by atoms with Crippen molar-refractivity contribution in [3.63, 3.8) is 0 Å². The topological polar surface area (TPSA) is 29.5 Å². The zero-order chi connectivity index (χ0) is 10.7. The van der Waals surface area contributed by atoms with Crippen molar-refractivity contribution >= 4 is 6.09 Å². The molecule has 0 aromatic heterocycles. The molecular weight excluding hydrogens is 190 g/mol. The van der Waals surface area contributed by atoms with Crippen LogP contribution in [0.3, 0.4) is 0 Å². The second-order valence-corrected chi connectivity index (χ2v) is 3.73. The minimum atomic E-state index is -0.221. The molecule has 0 N–H and O–H groups in total. The van der Waals surface area contributed by atoms with Crippen LogP contribution in [0.25, 0.3) is 0 Å². The van der Waals surface area contributed by atoms with E-state index in [2.05, 4.69) is 12.1 Å². The monoisotopic (exact) mass is 205 g/mol. The summed E-state index contributed by atoms with van der Waals surface area (Å²) in [5.74, 6) is 0. The highest BCUT2D eigenvalue weighted by molar-refractivity contribution is 5.68. The van der Waals surface area contributed by atoms with E-state index in [1.165, 1.54) is 12.7 Å². The molecule has 1 aromatic rings. The number of ether oxygens (including phenoxy) is 1. The van der Waals surface area contributed by atoms with Crippen molar-refractivity contribution < 1.29 is 9.53 Å². The molecule has 0 bridgehead atoms. The molecule has 1 aliphatic rings. The molecule has 15 heavy (non-hydrogen) atoms. The average Bonchev–Trinajstić information content (AvgIpc) is 2.78. The highest BCUT2D eigenvalue weighted by Gasteiger charge is 2.30. The first-order valence-electron chi connectivity index (χ1n) is 5.22. The molecule has 1 aliphatic heterocycles. The number of rotatable bonds is 1. The molecule has 3 nitrogen and oxygen atoms in total. The van der Waals surface area contributed by atoms with Crippen LogP contribution in [0.1, 0.15) is 24.4 Å². The summed E-state index contributed by atoms with van der Waals surface area (Å²) < 4.78 is 4.77. The number of carbonyl (C=O) groups excluding carboxylic acids is 1. The average molecular weight is 205 g/mol. The fourth-order valence-corrected chi connectivity index (χ4v) is 2.12. The zero-order valence-corrected chi connectivity index (χ0v) is 8.85. The van der Waals surface area contributed by atoms with Crippen LogP contribution in [0.5, 0.6) is 0 Å². The van der Waals surface area contributed by atoms with Gasteiger partial charge in [-0.3, -0.25) is 0 Å². The molecule has 1 saturated heterocycles. The molecule has 1 fully saturated rings. The minimum absolute atomic E-state index is 0.193. The first-order chi connectivity index (χ1) is 7.33. The van der Waals surface area contributed by atoms with Crippen molar-refractivity contribution in [2.75, 3.05) is 13.7 Å². The van der Waals surface area contributed by atoms with Gasteiger partial charge in [0, 0.05) is 6.54 Å². The van der Waals surface area contributed by atoms with Crippen molar-refractivity contribution in [1.29, 1.82) is 0 Å². The Kier molecular flexibility index (Phi) is 2.90. The molecule has 1 heterocycles. The van der Waals surface area contributed by atoms with E-state index in [-0.39, 0.29) is 12.1 Å². The van der Waals surface area contributed by atoms with E-state index in [1.54, 1.807) is 4.90 Å². The van der Waals surface area contributed by atoms with Gasteiger partial charge in [-0.05, 0) is 18.4 Å². The maximum Gasteiger partial charge on any atom is 0.409 e. The van der Waals surface area contributed by atoms with E-state index >= 15 is 0 Å². The van der Waals surface area contributed by atoms with Crippen molar-refractivity contribution in [3.8, 4) is 0 Å². The van der Waals surface area contributed by atoms with Crippen molar-refractivity contribution in [1.82, 2.24) is 4.90 Å². The summed E-state index contributed by atoms with van der Waals surface area (Å²) in [7, 11) is 1.43.